The zero-order chi connectivity index (χ0) is 13.0. The van der Waals surface area contributed by atoms with E-state index in [2.05, 4.69) is 5.32 Å². The molecule has 1 aliphatic rings. The van der Waals surface area contributed by atoms with Gasteiger partial charge in [-0.05, 0) is 25.0 Å². The SMILES string of the molecule is O=C(Nc1ccc([N+](=O)[O-])cc1)C1CCCCC1. The molecule has 0 atom stereocenters. The van der Waals surface area contributed by atoms with E-state index in [0.29, 0.717) is 5.69 Å². The standard InChI is InChI=1S/C13H16N2O3/c16-13(10-4-2-1-3-5-10)14-11-6-8-12(9-7-11)15(17)18/h6-10H,1-5H2,(H,14,16). The molecule has 1 aromatic carbocycles. The first-order chi connectivity index (χ1) is 8.66. The second-order valence-corrected chi connectivity index (χ2v) is 4.63. The molecule has 96 valence electrons. The van der Waals surface area contributed by atoms with Gasteiger partial charge in [0.1, 0.15) is 0 Å². The Morgan fingerprint density at radius 2 is 1.78 bits per heavy atom. The van der Waals surface area contributed by atoms with Crippen LogP contribution in [0.5, 0.6) is 0 Å². The van der Waals surface area contributed by atoms with E-state index in [9.17, 15) is 14.9 Å². The zero-order valence-electron chi connectivity index (χ0n) is 10.1. The van der Waals surface area contributed by atoms with Gasteiger partial charge >= 0.3 is 0 Å². The number of benzene rings is 1. The second kappa shape index (κ2) is 5.62. The lowest BCUT2D eigenvalue weighted by atomic mass is 9.88. The van der Waals surface area contributed by atoms with Gasteiger partial charge in [0.15, 0.2) is 0 Å². The van der Waals surface area contributed by atoms with Gasteiger partial charge in [0.05, 0.1) is 4.92 Å². The minimum absolute atomic E-state index is 0.0311. The molecule has 5 heteroatoms. The van der Waals surface area contributed by atoms with Crippen molar-refractivity contribution in [2.75, 3.05) is 5.32 Å². The van der Waals surface area contributed by atoms with Gasteiger partial charge in [0.25, 0.3) is 5.69 Å². The maximum absolute atomic E-state index is 11.9. The van der Waals surface area contributed by atoms with E-state index in [1.807, 2.05) is 0 Å². The van der Waals surface area contributed by atoms with E-state index in [4.69, 9.17) is 0 Å². The van der Waals surface area contributed by atoms with Crippen molar-refractivity contribution in [3.05, 3.63) is 34.4 Å². The largest absolute Gasteiger partial charge is 0.326 e. The minimum atomic E-state index is -0.452. The molecular formula is C13H16N2O3. The highest BCUT2D eigenvalue weighted by Gasteiger charge is 2.21. The Hall–Kier alpha value is -1.91. The number of rotatable bonds is 3. The molecule has 0 heterocycles. The van der Waals surface area contributed by atoms with Gasteiger partial charge in [0, 0.05) is 23.7 Å². The Bertz CT molecular complexity index is 436. The fraction of sp³-hybridized carbons (Fsp3) is 0.462. The molecule has 0 aromatic heterocycles. The third-order valence-corrected chi connectivity index (χ3v) is 3.32. The summed E-state index contributed by atoms with van der Waals surface area (Å²) in [6, 6.07) is 5.94. The summed E-state index contributed by atoms with van der Waals surface area (Å²) in [4.78, 5) is 22.0. The lowest BCUT2D eigenvalue weighted by molar-refractivity contribution is -0.384. The summed E-state index contributed by atoms with van der Waals surface area (Å²) in [5, 5.41) is 13.3. The van der Waals surface area contributed by atoms with E-state index in [1.165, 1.54) is 18.6 Å². The Morgan fingerprint density at radius 1 is 1.17 bits per heavy atom. The number of carbonyl (C=O) groups is 1. The van der Waals surface area contributed by atoms with Crippen LogP contribution in [-0.4, -0.2) is 10.8 Å². The summed E-state index contributed by atoms with van der Waals surface area (Å²) in [5.41, 5.74) is 0.654. The highest BCUT2D eigenvalue weighted by Crippen LogP contribution is 2.25. The average Bonchev–Trinajstić information content (AvgIpc) is 2.40. The molecule has 0 unspecified atom stereocenters. The molecule has 0 saturated heterocycles. The van der Waals surface area contributed by atoms with Gasteiger partial charge < -0.3 is 5.32 Å². The van der Waals surface area contributed by atoms with E-state index < -0.39 is 4.92 Å². The van der Waals surface area contributed by atoms with Crippen molar-refractivity contribution in [2.45, 2.75) is 32.1 Å². The van der Waals surface area contributed by atoms with Crippen LogP contribution in [0.3, 0.4) is 0 Å². The number of nitro groups is 1. The molecule has 1 saturated carbocycles. The van der Waals surface area contributed by atoms with Crippen molar-refractivity contribution in [1.29, 1.82) is 0 Å². The Kier molecular flexibility index (Phi) is 3.92. The maximum atomic E-state index is 11.9. The summed E-state index contributed by atoms with van der Waals surface area (Å²) in [6.07, 6.45) is 5.32. The third-order valence-electron chi connectivity index (χ3n) is 3.32. The normalized spacial score (nSPS) is 16.2. The number of carbonyl (C=O) groups excluding carboxylic acids is 1. The van der Waals surface area contributed by atoms with Crippen LogP contribution in [0.2, 0.25) is 0 Å². The molecule has 1 N–H and O–H groups in total. The molecule has 5 nitrogen and oxygen atoms in total. The van der Waals surface area contributed by atoms with E-state index >= 15 is 0 Å². The predicted octanol–water partition coefficient (Wildman–Crippen LogP) is 3.11. The number of nitrogens with zero attached hydrogens (tertiary/aromatic N) is 1. The summed E-state index contributed by atoms with van der Waals surface area (Å²) in [7, 11) is 0. The molecule has 18 heavy (non-hydrogen) atoms. The summed E-state index contributed by atoms with van der Waals surface area (Å²) in [6.45, 7) is 0. The molecule has 1 aromatic rings. The quantitative estimate of drug-likeness (QED) is 0.659. The van der Waals surface area contributed by atoms with Crippen LogP contribution in [0.25, 0.3) is 0 Å². The average molecular weight is 248 g/mol. The van der Waals surface area contributed by atoms with Crippen molar-refractivity contribution in [2.24, 2.45) is 5.92 Å². The van der Waals surface area contributed by atoms with Crippen LogP contribution in [0.4, 0.5) is 11.4 Å². The van der Waals surface area contributed by atoms with Crippen LogP contribution >= 0.6 is 0 Å². The zero-order valence-corrected chi connectivity index (χ0v) is 10.1. The third kappa shape index (κ3) is 3.06. The molecule has 1 fully saturated rings. The van der Waals surface area contributed by atoms with Crippen LogP contribution in [0.15, 0.2) is 24.3 Å². The van der Waals surface area contributed by atoms with Gasteiger partial charge in [0.2, 0.25) is 5.91 Å². The Balaban J connectivity index is 1.96. The van der Waals surface area contributed by atoms with Gasteiger partial charge in [-0.15, -0.1) is 0 Å². The summed E-state index contributed by atoms with van der Waals surface area (Å²) >= 11 is 0. The lowest BCUT2D eigenvalue weighted by Gasteiger charge is -2.20. The van der Waals surface area contributed by atoms with Gasteiger partial charge in [-0.2, -0.15) is 0 Å². The topological polar surface area (TPSA) is 72.2 Å². The van der Waals surface area contributed by atoms with Gasteiger partial charge in [-0.3, -0.25) is 14.9 Å². The van der Waals surface area contributed by atoms with E-state index in [1.54, 1.807) is 12.1 Å². The second-order valence-electron chi connectivity index (χ2n) is 4.63. The van der Waals surface area contributed by atoms with Crippen molar-refractivity contribution in [1.82, 2.24) is 0 Å². The molecule has 1 amide bonds. The van der Waals surface area contributed by atoms with Crippen LogP contribution in [0.1, 0.15) is 32.1 Å². The van der Waals surface area contributed by atoms with Crippen molar-refractivity contribution >= 4 is 17.3 Å². The summed E-state index contributed by atoms with van der Waals surface area (Å²) < 4.78 is 0. The number of amides is 1. The van der Waals surface area contributed by atoms with Crippen LogP contribution in [-0.2, 0) is 4.79 Å². The van der Waals surface area contributed by atoms with Crippen LogP contribution < -0.4 is 5.32 Å². The fourth-order valence-electron chi connectivity index (χ4n) is 2.28. The lowest BCUT2D eigenvalue weighted by Crippen LogP contribution is -2.24. The first-order valence-electron chi connectivity index (χ1n) is 6.22. The first kappa shape index (κ1) is 12.5. The molecular weight excluding hydrogens is 232 g/mol. The number of anilines is 1. The number of non-ortho nitro benzene ring substituents is 1. The molecule has 0 spiro atoms. The van der Waals surface area contributed by atoms with Crippen molar-refractivity contribution in [3.63, 3.8) is 0 Å². The molecule has 0 bridgehead atoms. The summed E-state index contributed by atoms with van der Waals surface area (Å²) in [5.74, 6) is 0.123. The van der Waals surface area contributed by atoms with E-state index in [0.717, 1.165) is 25.7 Å². The predicted molar refractivity (Wildman–Crippen MR) is 68.3 cm³/mol. The molecule has 2 rings (SSSR count). The number of hydrogen-bond donors (Lipinski definition) is 1. The maximum Gasteiger partial charge on any atom is 0.269 e. The Morgan fingerprint density at radius 3 is 2.33 bits per heavy atom. The molecule has 0 radical (unpaired) electrons. The highest BCUT2D eigenvalue weighted by molar-refractivity contribution is 5.92. The number of hydrogen-bond acceptors (Lipinski definition) is 3. The van der Waals surface area contributed by atoms with Crippen molar-refractivity contribution < 1.29 is 9.72 Å². The monoisotopic (exact) mass is 248 g/mol. The minimum Gasteiger partial charge on any atom is -0.326 e. The smallest absolute Gasteiger partial charge is 0.269 e. The number of nitrogens with one attached hydrogen (secondary N) is 1. The van der Waals surface area contributed by atoms with Gasteiger partial charge in [-0.25, -0.2) is 0 Å². The van der Waals surface area contributed by atoms with Crippen molar-refractivity contribution in [3.8, 4) is 0 Å². The highest BCUT2D eigenvalue weighted by atomic mass is 16.6. The van der Waals surface area contributed by atoms with Gasteiger partial charge in [-0.1, -0.05) is 19.3 Å². The molecule has 0 aliphatic heterocycles. The fourth-order valence-corrected chi connectivity index (χ4v) is 2.28. The van der Waals surface area contributed by atoms with Crippen LogP contribution in [0, 0.1) is 16.0 Å². The Labute approximate surface area is 105 Å². The number of nitro benzene ring substituents is 1. The first-order valence-corrected chi connectivity index (χ1v) is 6.22. The molecule has 1 aliphatic carbocycles. The van der Waals surface area contributed by atoms with E-state index in [-0.39, 0.29) is 17.5 Å².